The number of nitrogens with one attached hydrogen (secondary N) is 1. The van der Waals surface area contributed by atoms with Gasteiger partial charge in [0.1, 0.15) is 6.61 Å². The lowest BCUT2D eigenvalue weighted by atomic mass is 9.99. The van der Waals surface area contributed by atoms with Gasteiger partial charge in [0.25, 0.3) is 5.85 Å². The molecular weight excluding hydrogens is 670 g/mol. The van der Waals surface area contributed by atoms with E-state index in [2.05, 4.69) is 5.32 Å². The summed E-state index contributed by atoms with van der Waals surface area (Å²) < 4.78 is 60.9. The van der Waals surface area contributed by atoms with E-state index in [0.29, 0.717) is 11.5 Å². The van der Waals surface area contributed by atoms with Gasteiger partial charge in [-0.05, 0) is 6.92 Å². The summed E-state index contributed by atoms with van der Waals surface area (Å²) in [5.74, 6) is -2.78. The number of carbonyl (C=O) groups excluding carboxylic acids is 3. The van der Waals surface area contributed by atoms with E-state index in [0.717, 1.165) is 48.5 Å². The van der Waals surface area contributed by atoms with E-state index >= 15 is 4.39 Å². The van der Waals surface area contributed by atoms with Crippen molar-refractivity contribution in [3.8, 4) is 0 Å². The number of carbonyl (C=O) groups is 3. The van der Waals surface area contributed by atoms with Crippen molar-refractivity contribution < 1.29 is 61.3 Å². The Hall–Kier alpha value is -1.11. The third-order valence-electron chi connectivity index (χ3n) is 6.20. The smallest absolute Gasteiger partial charge is 0.382 e. The second-order valence-electron chi connectivity index (χ2n) is 12.4. The van der Waals surface area contributed by atoms with Crippen LogP contribution in [0.4, 0.5) is 4.39 Å². The fraction of sp³-hybridized carbons (Fsp3) is 0.821. The molecule has 0 saturated heterocycles. The molecule has 0 saturated carbocycles. The van der Waals surface area contributed by atoms with E-state index in [-0.39, 0.29) is 56.5 Å². The summed E-state index contributed by atoms with van der Waals surface area (Å²) in [6.07, 6.45) is -0.0483. The van der Waals surface area contributed by atoms with Crippen LogP contribution >= 0.6 is 31.3 Å². The van der Waals surface area contributed by atoms with Gasteiger partial charge < -0.3 is 34.6 Å². The number of rotatable bonds is 21. The van der Waals surface area contributed by atoms with Gasteiger partial charge >= 0.3 is 7.82 Å². The molecule has 46 heavy (non-hydrogen) atoms. The van der Waals surface area contributed by atoms with Crippen molar-refractivity contribution >= 4 is 47.5 Å². The molecule has 0 aromatic rings. The van der Waals surface area contributed by atoms with Crippen molar-refractivity contribution in [2.45, 2.75) is 66.1 Å². The maximum atomic E-state index is 15.9. The molecule has 1 aliphatic heterocycles. The molecule has 3 atom stereocenters. The Morgan fingerprint density at radius 1 is 0.935 bits per heavy atom. The van der Waals surface area contributed by atoms with Gasteiger partial charge in [-0.15, -0.1) is 0 Å². The fourth-order valence-electron chi connectivity index (χ4n) is 3.28. The van der Waals surface area contributed by atoms with Crippen LogP contribution < -0.4 is 5.32 Å². The molecule has 1 aliphatic rings. The minimum absolute atomic E-state index is 0.00957. The Labute approximate surface area is 279 Å². The first-order valence-electron chi connectivity index (χ1n) is 14.6. The second kappa shape index (κ2) is 19.2. The number of ether oxygens (including phenoxy) is 3. The Kier molecular flexibility index (Phi) is 17.9. The molecule has 0 bridgehead atoms. The minimum atomic E-state index is -4.52. The number of hydrogen-bond acceptors (Lipinski definition) is 15. The highest BCUT2D eigenvalue weighted by Crippen LogP contribution is 2.50. The number of halogens is 1. The summed E-state index contributed by atoms with van der Waals surface area (Å²) in [4.78, 5) is 36.5. The van der Waals surface area contributed by atoms with Crippen molar-refractivity contribution in [2.24, 2.45) is 10.8 Å². The van der Waals surface area contributed by atoms with Crippen LogP contribution in [0.15, 0.2) is 12.3 Å². The molecule has 0 unspecified atom stereocenters. The van der Waals surface area contributed by atoms with Gasteiger partial charge in [-0.1, -0.05) is 65.1 Å². The van der Waals surface area contributed by atoms with Gasteiger partial charge in [0.05, 0.1) is 46.3 Å². The zero-order valence-electron chi connectivity index (χ0n) is 27.9. The Morgan fingerprint density at radius 3 is 1.80 bits per heavy atom. The first kappa shape index (κ1) is 42.9. The highest BCUT2D eigenvalue weighted by Gasteiger charge is 2.53. The number of hydrogen-bond donors (Lipinski definition) is 3. The third kappa shape index (κ3) is 15.0. The number of thioether (sulfide) groups is 2. The number of nitrogens with zero attached hydrogens (tertiary/aromatic N) is 1. The lowest BCUT2D eigenvalue weighted by Gasteiger charge is -2.44. The van der Waals surface area contributed by atoms with Crippen molar-refractivity contribution in [1.29, 1.82) is 0 Å². The number of aliphatic hydroxyl groups is 2. The minimum Gasteiger partial charge on any atom is -0.382 e. The number of alkyl halides is 1. The standard InChI is InChI=1S/C28H50FN2O12PS2/c1-25(2,3)23(34)45-17-15-39-11-13-41-44(37,42-14-12-40-16-18-46-24(35)26(4,5)6)43-19-28(29,38-8)22(33)27(7,36)31-10-9-21(32)30-20-31/h9-10,22,33,36H,11-20H2,1-8H3,(H,30,32)/t22-,27+,28+/m0/s1. The summed E-state index contributed by atoms with van der Waals surface area (Å²) in [5, 5.41) is 24.2. The van der Waals surface area contributed by atoms with Crippen molar-refractivity contribution in [3.63, 3.8) is 0 Å². The van der Waals surface area contributed by atoms with Gasteiger partial charge in [0, 0.05) is 41.7 Å². The molecule has 18 heteroatoms. The zero-order chi connectivity index (χ0) is 35.2. The molecule has 268 valence electrons. The number of amides is 1. The van der Waals surface area contributed by atoms with Gasteiger partial charge in [-0.3, -0.25) is 28.0 Å². The Morgan fingerprint density at radius 2 is 1.41 bits per heavy atom. The molecule has 1 rings (SSSR count). The highest BCUT2D eigenvalue weighted by molar-refractivity contribution is 8.14. The Balaban J connectivity index is 2.78. The Bertz CT molecular complexity index is 1030. The van der Waals surface area contributed by atoms with Gasteiger partial charge in [-0.2, -0.15) is 0 Å². The maximum absolute atomic E-state index is 15.9. The molecular formula is C28H50FN2O12PS2. The average molecular weight is 721 g/mol. The average Bonchev–Trinajstić information content (AvgIpc) is 2.97. The van der Waals surface area contributed by atoms with E-state index in [1.54, 1.807) is 0 Å². The zero-order valence-corrected chi connectivity index (χ0v) is 30.4. The summed E-state index contributed by atoms with van der Waals surface area (Å²) in [6, 6.07) is 0. The molecule has 0 radical (unpaired) electrons. The van der Waals surface area contributed by atoms with Crippen LogP contribution in [0.3, 0.4) is 0 Å². The van der Waals surface area contributed by atoms with Crippen LogP contribution in [0.5, 0.6) is 0 Å². The highest BCUT2D eigenvalue weighted by atomic mass is 32.2. The number of aliphatic hydroxyl groups excluding tert-OH is 1. The van der Waals surface area contributed by atoms with E-state index in [9.17, 15) is 29.2 Å². The first-order chi connectivity index (χ1) is 21.2. The van der Waals surface area contributed by atoms with Gasteiger partial charge in [-0.25, -0.2) is 8.96 Å². The topological polar surface area (TPSA) is 179 Å². The largest absolute Gasteiger partial charge is 0.475 e. The number of phosphoric ester groups is 1. The summed E-state index contributed by atoms with van der Waals surface area (Å²) in [5.41, 5.74) is -3.29. The fourth-order valence-corrected chi connectivity index (χ4v) is 6.07. The van der Waals surface area contributed by atoms with E-state index in [1.165, 1.54) is 6.20 Å². The van der Waals surface area contributed by atoms with Gasteiger partial charge in [0.2, 0.25) is 5.91 Å². The molecule has 0 spiro atoms. The third-order valence-corrected chi connectivity index (χ3v) is 10.1. The normalized spacial score (nSPS) is 17.7. The molecule has 0 fully saturated rings. The quantitative estimate of drug-likeness (QED) is 0.116. The molecule has 14 nitrogen and oxygen atoms in total. The van der Waals surface area contributed by atoms with Crippen molar-refractivity contribution in [2.75, 3.05) is 71.5 Å². The van der Waals surface area contributed by atoms with Crippen LogP contribution in [0.25, 0.3) is 0 Å². The lowest BCUT2D eigenvalue weighted by molar-refractivity contribution is -0.279. The predicted octanol–water partition coefficient (Wildman–Crippen LogP) is 3.07. The first-order valence-corrected chi connectivity index (χ1v) is 18.0. The molecule has 1 heterocycles. The number of methoxy groups -OCH3 is 1. The van der Waals surface area contributed by atoms with Crippen LogP contribution in [-0.4, -0.2) is 120 Å². The summed E-state index contributed by atoms with van der Waals surface area (Å²) in [6.45, 7) is 10.2. The molecule has 1 amide bonds. The van der Waals surface area contributed by atoms with Crippen LogP contribution in [0.1, 0.15) is 48.5 Å². The van der Waals surface area contributed by atoms with E-state index in [4.69, 9.17) is 27.8 Å². The summed E-state index contributed by atoms with van der Waals surface area (Å²) >= 11 is 2.25. The molecule has 0 aliphatic carbocycles. The van der Waals surface area contributed by atoms with E-state index < -0.39 is 48.9 Å². The molecule has 0 aromatic heterocycles. The lowest BCUT2D eigenvalue weighted by Crippen LogP contribution is -2.64. The SMILES string of the molecule is CO[C@](F)(COP(=O)(OCCOCCSC(=O)C(C)(C)C)OCCOCCSC(=O)C(C)(C)C)[C@@H](O)[C@@](C)(O)N1C=CC(=O)NC1. The monoisotopic (exact) mass is 720 g/mol. The molecule has 0 aromatic carbocycles. The van der Waals surface area contributed by atoms with Crippen LogP contribution in [0.2, 0.25) is 0 Å². The maximum Gasteiger partial charge on any atom is 0.475 e. The molecule has 3 N–H and O–H groups in total. The van der Waals surface area contributed by atoms with E-state index in [1.807, 2.05) is 41.5 Å². The second-order valence-corrected chi connectivity index (χ2v) is 16.2. The van der Waals surface area contributed by atoms with Gasteiger partial charge in [0.15, 0.2) is 22.1 Å². The van der Waals surface area contributed by atoms with Crippen molar-refractivity contribution in [3.05, 3.63) is 12.3 Å². The van der Waals surface area contributed by atoms with Crippen LogP contribution in [0, 0.1) is 10.8 Å². The van der Waals surface area contributed by atoms with Crippen molar-refractivity contribution in [1.82, 2.24) is 10.2 Å². The predicted molar refractivity (Wildman–Crippen MR) is 172 cm³/mol. The number of phosphoric acid groups is 1. The van der Waals surface area contributed by atoms with Crippen LogP contribution in [-0.2, 0) is 46.7 Å². The summed E-state index contributed by atoms with van der Waals surface area (Å²) in [7, 11) is -3.61.